The standard InChI is InChI=1S/C15H15F2N3O2/c1-9(21)13-14(19-20-18-13)22-12-4-2-10(3-5-12)11-6-7-15(16,17)8-11/h2-5,11,21H,1,6-8H2,(H,18,19,20). The molecule has 0 saturated heterocycles. The molecule has 1 fully saturated rings. The number of nitrogens with zero attached hydrogens (tertiary/aromatic N) is 2. The van der Waals surface area contributed by atoms with E-state index in [4.69, 9.17) is 4.74 Å². The number of hydrogen-bond acceptors (Lipinski definition) is 4. The first kappa shape index (κ1) is 14.5. The Morgan fingerprint density at radius 3 is 2.64 bits per heavy atom. The molecule has 0 bridgehead atoms. The molecule has 2 aromatic rings. The summed E-state index contributed by atoms with van der Waals surface area (Å²) in [5.41, 5.74) is 0.996. The molecular weight excluding hydrogens is 292 g/mol. The third-order valence-corrected chi connectivity index (χ3v) is 3.76. The number of benzene rings is 1. The maximum Gasteiger partial charge on any atom is 0.270 e. The number of H-pyrrole nitrogens is 1. The zero-order chi connectivity index (χ0) is 15.7. The Morgan fingerprint density at radius 1 is 1.32 bits per heavy atom. The van der Waals surface area contributed by atoms with Gasteiger partial charge in [-0.25, -0.2) is 8.78 Å². The van der Waals surface area contributed by atoms with Crippen molar-refractivity contribution in [2.45, 2.75) is 31.1 Å². The minimum Gasteiger partial charge on any atom is -0.506 e. The first-order valence-electron chi connectivity index (χ1n) is 6.89. The quantitative estimate of drug-likeness (QED) is 0.837. The Balaban J connectivity index is 1.72. The number of hydrogen-bond donors (Lipinski definition) is 2. The summed E-state index contributed by atoms with van der Waals surface area (Å²) >= 11 is 0. The number of aromatic nitrogens is 3. The lowest BCUT2D eigenvalue weighted by Crippen LogP contribution is -2.09. The van der Waals surface area contributed by atoms with Gasteiger partial charge in [0.25, 0.3) is 5.88 Å². The summed E-state index contributed by atoms with van der Waals surface area (Å²) < 4.78 is 32.0. The van der Waals surface area contributed by atoms with Crippen LogP contribution in [-0.2, 0) is 0 Å². The monoisotopic (exact) mass is 307 g/mol. The van der Waals surface area contributed by atoms with Gasteiger partial charge in [0, 0.05) is 12.8 Å². The highest BCUT2D eigenvalue weighted by Crippen LogP contribution is 2.44. The minimum absolute atomic E-state index is 0.0587. The van der Waals surface area contributed by atoms with Gasteiger partial charge in [-0.15, -0.1) is 10.2 Å². The molecule has 1 aromatic carbocycles. The maximum atomic E-state index is 13.3. The van der Waals surface area contributed by atoms with Gasteiger partial charge in [-0.05, 0) is 30.0 Å². The normalized spacial score (nSPS) is 20.0. The number of nitrogens with one attached hydrogen (secondary N) is 1. The van der Waals surface area contributed by atoms with E-state index < -0.39 is 5.92 Å². The van der Waals surface area contributed by atoms with E-state index in [0.29, 0.717) is 12.2 Å². The Labute approximate surface area is 125 Å². The van der Waals surface area contributed by atoms with Crippen molar-refractivity contribution >= 4 is 5.76 Å². The van der Waals surface area contributed by atoms with Crippen molar-refractivity contribution in [1.29, 1.82) is 0 Å². The molecule has 1 aliphatic carbocycles. The molecule has 1 aliphatic rings. The maximum absolute atomic E-state index is 13.3. The van der Waals surface area contributed by atoms with E-state index in [0.717, 1.165) is 5.56 Å². The number of aromatic amines is 1. The van der Waals surface area contributed by atoms with Crippen molar-refractivity contribution in [3.63, 3.8) is 0 Å². The minimum atomic E-state index is -2.56. The summed E-state index contributed by atoms with van der Waals surface area (Å²) in [4.78, 5) is 0. The highest BCUT2D eigenvalue weighted by atomic mass is 19.3. The van der Waals surface area contributed by atoms with Gasteiger partial charge in [0.15, 0.2) is 5.69 Å². The number of alkyl halides is 2. The molecule has 1 saturated carbocycles. The van der Waals surface area contributed by atoms with Crippen LogP contribution in [0.15, 0.2) is 30.8 Å². The van der Waals surface area contributed by atoms with E-state index in [1.54, 1.807) is 24.3 Å². The average Bonchev–Trinajstić information content (AvgIpc) is 3.06. The molecule has 0 aliphatic heterocycles. The van der Waals surface area contributed by atoms with E-state index in [1.165, 1.54) is 0 Å². The van der Waals surface area contributed by atoms with E-state index in [2.05, 4.69) is 22.0 Å². The fourth-order valence-corrected chi connectivity index (χ4v) is 2.63. The molecule has 116 valence electrons. The van der Waals surface area contributed by atoms with Gasteiger partial charge in [0.05, 0.1) is 0 Å². The largest absolute Gasteiger partial charge is 0.506 e. The summed E-state index contributed by atoms with van der Waals surface area (Å²) in [6.07, 6.45) is 0.326. The lowest BCUT2D eigenvalue weighted by molar-refractivity contribution is 0.00777. The number of ether oxygens (including phenoxy) is 1. The zero-order valence-electron chi connectivity index (χ0n) is 11.7. The van der Waals surface area contributed by atoms with Crippen molar-refractivity contribution < 1.29 is 18.6 Å². The molecule has 22 heavy (non-hydrogen) atoms. The number of halogens is 2. The molecule has 1 atom stereocenters. The van der Waals surface area contributed by atoms with Gasteiger partial charge in [-0.1, -0.05) is 18.7 Å². The van der Waals surface area contributed by atoms with Gasteiger partial charge in [-0.3, -0.25) is 0 Å². The van der Waals surface area contributed by atoms with Crippen LogP contribution in [0.1, 0.15) is 36.4 Å². The zero-order valence-corrected chi connectivity index (χ0v) is 11.7. The molecule has 7 heteroatoms. The molecule has 0 spiro atoms. The SMILES string of the molecule is C=C(O)c1n[nH]nc1Oc1ccc(C2CCC(F)(F)C2)cc1. The number of rotatable bonds is 4. The van der Waals surface area contributed by atoms with E-state index in [9.17, 15) is 13.9 Å². The second kappa shape index (κ2) is 5.40. The lowest BCUT2D eigenvalue weighted by atomic mass is 9.97. The molecule has 1 aromatic heterocycles. The molecular formula is C15H15F2N3O2. The van der Waals surface area contributed by atoms with E-state index in [-0.39, 0.29) is 36.1 Å². The summed E-state index contributed by atoms with van der Waals surface area (Å²) in [5, 5.41) is 19.2. The highest BCUT2D eigenvalue weighted by Gasteiger charge is 2.39. The van der Waals surface area contributed by atoms with Crippen LogP contribution in [-0.4, -0.2) is 26.4 Å². The van der Waals surface area contributed by atoms with Crippen molar-refractivity contribution in [2.24, 2.45) is 0 Å². The fourth-order valence-electron chi connectivity index (χ4n) is 2.63. The Kier molecular flexibility index (Phi) is 3.56. The lowest BCUT2D eigenvalue weighted by Gasteiger charge is -2.11. The Bertz CT molecular complexity index is 682. The summed E-state index contributed by atoms with van der Waals surface area (Å²) in [6.45, 7) is 3.36. The van der Waals surface area contributed by atoms with Crippen LogP contribution in [0.2, 0.25) is 0 Å². The Morgan fingerprint density at radius 2 is 2.05 bits per heavy atom. The van der Waals surface area contributed by atoms with Gasteiger partial charge in [-0.2, -0.15) is 5.21 Å². The van der Waals surface area contributed by atoms with Crippen molar-refractivity contribution in [1.82, 2.24) is 15.4 Å². The third-order valence-electron chi connectivity index (χ3n) is 3.76. The summed E-state index contributed by atoms with van der Waals surface area (Å²) in [7, 11) is 0. The predicted octanol–water partition coefficient (Wildman–Crippen LogP) is 4.03. The molecule has 5 nitrogen and oxygen atoms in total. The third kappa shape index (κ3) is 2.93. The molecule has 0 radical (unpaired) electrons. The van der Waals surface area contributed by atoms with Crippen LogP contribution in [0, 0.1) is 0 Å². The van der Waals surface area contributed by atoms with Crippen molar-refractivity contribution in [3.8, 4) is 11.6 Å². The van der Waals surface area contributed by atoms with Crippen LogP contribution < -0.4 is 4.74 Å². The molecule has 1 heterocycles. The number of aliphatic hydroxyl groups excluding tert-OH is 1. The predicted molar refractivity (Wildman–Crippen MR) is 76.1 cm³/mol. The summed E-state index contributed by atoms with van der Waals surface area (Å²) in [5.74, 6) is -2.35. The smallest absolute Gasteiger partial charge is 0.270 e. The second-order valence-corrected chi connectivity index (χ2v) is 5.39. The van der Waals surface area contributed by atoms with Gasteiger partial charge < -0.3 is 9.84 Å². The van der Waals surface area contributed by atoms with E-state index in [1.807, 2.05) is 0 Å². The first-order chi connectivity index (χ1) is 10.4. The second-order valence-electron chi connectivity index (χ2n) is 5.39. The van der Waals surface area contributed by atoms with Crippen LogP contribution >= 0.6 is 0 Å². The molecule has 2 N–H and O–H groups in total. The van der Waals surface area contributed by atoms with Crippen LogP contribution in [0.5, 0.6) is 11.6 Å². The molecule has 1 unspecified atom stereocenters. The topological polar surface area (TPSA) is 71.0 Å². The van der Waals surface area contributed by atoms with Crippen molar-refractivity contribution in [3.05, 3.63) is 42.1 Å². The molecule has 0 amide bonds. The first-order valence-corrected chi connectivity index (χ1v) is 6.89. The summed E-state index contributed by atoms with van der Waals surface area (Å²) in [6, 6.07) is 6.92. The van der Waals surface area contributed by atoms with Crippen molar-refractivity contribution in [2.75, 3.05) is 0 Å². The molecule has 3 rings (SSSR count). The van der Waals surface area contributed by atoms with Crippen LogP contribution in [0.3, 0.4) is 0 Å². The highest BCUT2D eigenvalue weighted by molar-refractivity contribution is 5.56. The van der Waals surface area contributed by atoms with E-state index >= 15 is 0 Å². The van der Waals surface area contributed by atoms with Gasteiger partial charge >= 0.3 is 0 Å². The number of aliphatic hydroxyl groups is 1. The average molecular weight is 307 g/mol. The van der Waals surface area contributed by atoms with Crippen LogP contribution in [0.4, 0.5) is 8.78 Å². The Hall–Kier alpha value is -2.44. The van der Waals surface area contributed by atoms with Crippen LogP contribution in [0.25, 0.3) is 5.76 Å². The van der Waals surface area contributed by atoms with Gasteiger partial charge in [0.2, 0.25) is 5.92 Å². The fraction of sp³-hybridized carbons (Fsp3) is 0.333. The van der Waals surface area contributed by atoms with Gasteiger partial charge in [0.1, 0.15) is 11.5 Å².